The molecule has 0 saturated carbocycles. The van der Waals surface area contributed by atoms with Gasteiger partial charge in [0, 0.05) is 0 Å². The number of para-hydroxylation sites is 1. The van der Waals surface area contributed by atoms with E-state index in [9.17, 15) is 0 Å². The topological polar surface area (TPSA) is 21.3 Å². The third-order valence-electron chi connectivity index (χ3n) is 1.76. The zero-order valence-corrected chi connectivity index (χ0v) is 9.42. The summed E-state index contributed by atoms with van der Waals surface area (Å²) in [5.74, 6) is 0.910. The third kappa shape index (κ3) is 7.62. The van der Waals surface area contributed by atoms with Crippen molar-refractivity contribution in [3.63, 3.8) is 0 Å². The lowest BCUT2D eigenvalue weighted by atomic mass is 10.3. The van der Waals surface area contributed by atoms with E-state index in [1.54, 1.807) is 7.11 Å². The average molecular weight is 195 g/mol. The Kier molecular flexibility index (Phi) is 9.33. The maximum atomic E-state index is 4.91. The number of benzene rings is 1. The molecule has 0 spiro atoms. The van der Waals surface area contributed by atoms with Gasteiger partial charge in [0.1, 0.15) is 5.75 Å². The number of rotatable bonds is 4. The van der Waals surface area contributed by atoms with Gasteiger partial charge in [0.2, 0.25) is 0 Å². The zero-order chi connectivity index (χ0) is 10.6. The quantitative estimate of drug-likeness (QED) is 0.746. The molecule has 0 aliphatic rings. The van der Waals surface area contributed by atoms with E-state index in [2.05, 4.69) is 12.2 Å². The van der Waals surface area contributed by atoms with E-state index in [0.29, 0.717) is 0 Å². The zero-order valence-electron chi connectivity index (χ0n) is 9.42. The van der Waals surface area contributed by atoms with Crippen molar-refractivity contribution in [2.24, 2.45) is 0 Å². The Hall–Kier alpha value is -1.02. The maximum absolute atomic E-state index is 4.91. The van der Waals surface area contributed by atoms with Crippen LogP contribution in [0.3, 0.4) is 0 Å². The van der Waals surface area contributed by atoms with Gasteiger partial charge in [-0.15, -0.1) is 0 Å². The molecule has 14 heavy (non-hydrogen) atoms. The molecule has 0 heterocycles. The van der Waals surface area contributed by atoms with E-state index in [0.717, 1.165) is 12.3 Å². The van der Waals surface area contributed by atoms with Crippen molar-refractivity contribution >= 4 is 0 Å². The van der Waals surface area contributed by atoms with Crippen LogP contribution in [0.5, 0.6) is 5.75 Å². The Morgan fingerprint density at radius 1 is 1.21 bits per heavy atom. The van der Waals surface area contributed by atoms with Gasteiger partial charge in [-0.05, 0) is 32.1 Å². The maximum Gasteiger partial charge on any atom is 0.118 e. The van der Waals surface area contributed by atoms with Crippen molar-refractivity contribution in [1.82, 2.24) is 5.32 Å². The molecule has 0 radical (unpaired) electrons. The van der Waals surface area contributed by atoms with Gasteiger partial charge >= 0.3 is 0 Å². The van der Waals surface area contributed by atoms with Crippen LogP contribution in [0.4, 0.5) is 0 Å². The summed E-state index contributed by atoms with van der Waals surface area (Å²) in [6.45, 7) is 3.36. The number of ether oxygens (including phenoxy) is 1. The summed E-state index contributed by atoms with van der Waals surface area (Å²) in [6, 6.07) is 9.68. The van der Waals surface area contributed by atoms with Crippen LogP contribution in [-0.4, -0.2) is 20.7 Å². The highest BCUT2D eigenvalue weighted by Gasteiger charge is 1.80. The van der Waals surface area contributed by atoms with Gasteiger partial charge in [0.05, 0.1) is 7.11 Å². The van der Waals surface area contributed by atoms with Crippen LogP contribution in [0.1, 0.15) is 19.8 Å². The van der Waals surface area contributed by atoms with Crippen molar-refractivity contribution in [3.05, 3.63) is 30.3 Å². The molecule has 0 aromatic heterocycles. The predicted octanol–water partition coefficient (Wildman–Crippen LogP) is 2.70. The summed E-state index contributed by atoms with van der Waals surface area (Å²) < 4.78 is 4.91. The number of hydrogen-bond acceptors (Lipinski definition) is 2. The molecule has 2 heteroatoms. The van der Waals surface area contributed by atoms with Gasteiger partial charge in [-0.3, -0.25) is 0 Å². The van der Waals surface area contributed by atoms with E-state index in [-0.39, 0.29) is 0 Å². The second-order valence-electron chi connectivity index (χ2n) is 2.97. The van der Waals surface area contributed by atoms with Gasteiger partial charge in [-0.1, -0.05) is 31.5 Å². The lowest BCUT2D eigenvalue weighted by Gasteiger charge is -1.93. The third-order valence-corrected chi connectivity index (χ3v) is 1.76. The molecule has 0 fully saturated rings. The largest absolute Gasteiger partial charge is 0.497 e. The molecule has 1 rings (SSSR count). The Morgan fingerprint density at radius 2 is 1.86 bits per heavy atom. The summed E-state index contributed by atoms with van der Waals surface area (Å²) in [6.07, 6.45) is 2.59. The van der Waals surface area contributed by atoms with E-state index in [4.69, 9.17) is 4.74 Å². The predicted molar refractivity (Wildman–Crippen MR) is 61.8 cm³/mol. The molecular formula is C12H21NO. The molecule has 2 nitrogen and oxygen atoms in total. The van der Waals surface area contributed by atoms with Gasteiger partial charge in [0.25, 0.3) is 0 Å². The summed E-state index contributed by atoms with van der Waals surface area (Å²) in [5, 5.41) is 3.07. The lowest BCUT2D eigenvalue weighted by Crippen LogP contribution is -2.06. The van der Waals surface area contributed by atoms with Crippen LogP contribution in [0.2, 0.25) is 0 Å². The van der Waals surface area contributed by atoms with E-state index >= 15 is 0 Å². The van der Waals surface area contributed by atoms with Crippen molar-refractivity contribution in [1.29, 1.82) is 0 Å². The Bertz CT molecular complexity index is 195. The highest BCUT2D eigenvalue weighted by Crippen LogP contribution is 2.05. The average Bonchev–Trinajstić information content (AvgIpc) is 2.28. The standard InChI is InChI=1S/C7H8O.C5H13N/c1-8-7-5-3-2-4-6-7;1-3-4-5-6-2/h2-6H,1H3;6H,3-5H2,1-2H3. The monoisotopic (exact) mass is 195 g/mol. The first kappa shape index (κ1) is 13.0. The molecule has 1 aromatic rings. The fourth-order valence-electron chi connectivity index (χ4n) is 0.910. The first-order valence-electron chi connectivity index (χ1n) is 5.08. The van der Waals surface area contributed by atoms with Crippen molar-refractivity contribution < 1.29 is 4.74 Å². The molecule has 0 aliphatic heterocycles. The van der Waals surface area contributed by atoms with Crippen LogP contribution in [0.25, 0.3) is 0 Å². The summed E-state index contributed by atoms with van der Waals surface area (Å²) >= 11 is 0. The minimum absolute atomic E-state index is 0.910. The summed E-state index contributed by atoms with van der Waals surface area (Å²) in [5.41, 5.74) is 0. The second kappa shape index (κ2) is 10.1. The van der Waals surface area contributed by atoms with E-state index in [1.165, 1.54) is 12.8 Å². The van der Waals surface area contributed by atoms with Crippen molar-refractivity contribution in [3.8, 4) is 5.75 Å². The fourth-order valence-corrected chi connectivity index (χ4v) is 0.910. The minimum Gasteiger partial charge on any atom is -0.497 e. The van der Waals surface area contributed by atoms with Crippen LogP contribution < -0.4 is 10.1 Å². The van der Waals surface area contributed by atoms with Crippen LogP contribution in [-0.2, 0) is 0 Å². The molecule has 0 amide bonds. The lowest BCUT2D eigenvalue weighted by molar-refractivity contribution is 0.415. The number of methoxy groups -OCH3 is 1. The Balaban J connectivity index is 0.000000255. The van der Waals surface area contributed by atoms with Gasteiger partial charge < -0.3 is 10.1 Å². The van der Waals surface area contributed by atoms with E-state index < -0.39 is 0 Å². The van der Waals surface area contributed by atoms with Crippen LogP contribution in [0.15, 0.2) is 30.3 Å². The van der Waals surface area contributed by atoms with Gasteiger partial charge in [0.15, 0.2) is 0 Å². The van der Waals surface area contributed by atoms with Crippen molar-refractivity contribution in [2.75, 3.05) is 20.7 Å². The Morgan fingerprint density at radius 3 is 2.14 bits per heavy atom. The SMILES string of the molecule is CCCCNC.COc1ccccc1. The molecule has 0 bridgehead atoms. The molecule has 0 atom stereocenters. The van der Waals surface area contributed by atoms with Crippen LogP contribution in [0, 0.1) is 0 Å². The fraction of sp³-hybridized carbons (Fsp3) is 0.500. The molecule has 1 aromatic carbocycles. The molecular weight excluding hydrogens is 174 g/mol. The van der Waals surface area contributed by atoms with Gasteiger partial charge in [-0.25, -0.2) is 0 Å². The highest BCUT2D eigenvalue weighted by atomic mass is 16.5. The molecule has 80 valence electrons. The van der Waals surface area contributed by atoms with Crippen LogP contribution >= 0.6 is 0 Å². The molecule has 0 unspecified atom stereocenters. The second-order valence-corrected chi connectivity index (χ2v) is 2.97. The number of hydrogen-bond donors (Lipinski definition) is 1. The first-order valence-corrected chi connectivity index (χ1v) is 5.08. The highest BCUT2D eigenvalue weighted by molar-refractivity contribution is 5.20. The Labute approximate surface area is 87.3 Å². The van der Waals surface area contributed by atoms with Gasteiger partial charge in [-0.2, -0.15) is 0 Å². The first-order chi connectivity index (χ1) is 6.85. The normalized spacial score (nSPS) is 8.79. The molecule has 0 aliphatic carbocycles. The van der Waals surface area contributed by atoms with E-state index in [1.807, 2.05) is 37.4 Å². The molecule has 1 N–H and O–H groups in total. The van der Waals surface area contributed by atoms with Crippen molar-refractivity contribution in [2.45, 2.75) is 19.8 Å². The number of nitrogens with one attached hydrogen (secondary N) is 1. The summed E-state index contributed by atoms with van der Waals surface area (Å²) in [4.78, 5) is 0. The summed E-state index contributed by atoms with van der Waals surface area (Å²) in [7, 11) is 3.64. The smallest absolute Gasteiger partial charge is 0.118 e. The number of unbranched alkanes of at least 4 members (excludes halogenated alkanes) is 1. The minimum atomic E-state index is 0.910. The molecule has 0 saturated heterocycles.